The van der Waals surface area contributed by atoms with Crippen LogP contribution in [0.3, 0.4) is 0 Å². The Hall–Kier alpha value is -2.87. The van der Waals surface area contributed by atoms with Gasteiger partial charge in [-0.2, -0.15) is 18.3 Å². The van der Waals surface area contributed by atoms with Crippen LogP contribution in [0.4, 0.5) is 13.2 Å². The van der Waals surface area contributed by atoms with E-state index in [-0.39, 0.29) is 17.0 Å². The van der Waals surface area contributed by atoms with E-state index in [2.05, 4.69) is 10.1 Å². The van der Waals surface area contributed by atoms with Crippen molar-refractivity contribution in [2.75, 3.05) is 7.11 Å². The van der Waals surface area contributed by atoms with Crippen LogP contribution in [0.5, 0.6) is 5.75 Å². The van der Waals surface area contributed by atoms with Gasteiger partial charge in [-0.25, -0.2) is 9.67 Å². The fourth-order valence-corrected chi connectivity index (χ4v) is 4.44. The van der Waals surface area contributed by atoms with E-state index < -0.39 is 11.7 Å². The molecule has 0 N–H and O–H groups in total. The summed E-state index contributed by atoms with van der Waals surface area (Å²) in [6.45, 7) is 1.92. The molecule has 3 heterocycles. The minimum atomic E-state index is -4.50. The average Bonchev–Trinajstić information content (AvgIpc) is 3.36. The van der Waals surface area contributed by atoms with Gasteiger partial charge in [0.1, 0.15) is 5.75 Å². The first-order valence-corrected chi connectivity index (χ1v) is 10.4. The number of halogens is 3. The lowest BCUT2D eigenvalue weighted by Crippen LogP contribution is -2.08. The summed E-state index contributed by atoms with van der Waals surface area (Å²) in [4.78, 5) is 6.38. The highest BCUT2D eigenvalue weighted by Gasteiger charge is 2.39. The summed E-state index contributed by atoms with van der Waals surface area (Å²) in [6, 6.07) is 11.9. The number of alkyl halides is 3. The molecule has 1 aliphatic rings. The molecule has 1 aromatic carbocycles. The Morgan fingerprint density at radius 2 is 1.83 bits per heavy atom. The van der Waals surface area contributed by atoms with Gasteiger partial charge in [-0.3, -0.25) is 0 Å². The van der Waals surface area contributed by atoms with Gasteiger partial charge in [0.25, 0.3) is 0 Å². The number of aromatic nitrogens is 3. The van der Waals surface area contributed by atoms with Crippen LogP contribution in [-0.2, 0) is 6.18 Å². The van der Waals surface area contributed by atoms with Crippen molar-refractivity contribution >= 4 is 22.4 Å². The highest BCUT2D eigenvalue weighted by Crippen LogP contribution is 2.47. The standard InChI is InChI=1S/C22H18F3N3OS/c1-12-3-10-18(30-12)17-11-16(22(23,24)25)19-20(13-4-5-13)27-28(21(19)26-17)14-6-8-15(29-2)9-7-14/h3,6-11,13H,4-5H2,1-2H3. The van der Waals surface area contributed by atoms with Crippen LogP contribution in [0.25, 0.3) is 27.3 Å². The lowest BCUT2D eigenvalue weighted by molar-refractivity contribution is -0.136. The number of nitrogens with zero attached hydrogens (tertiary/aromatic N) is 3. The molecule has 0 spiro atoms. The molecule has 1 aliphatic carbocycles. The average molecular weight is 429 g/mol. The molecule has 154 valence electrons. The minimum absolute atomic E-state index is 0.0460. The van der Waals surface area contributed by atoms with Crippen LogP contribution >= 0.6 is 11.3 Å². The number of ether oxygens (including phenoxy) is 1. The molecule has 0 saturated heterocycles. The first kappa shape index (κ1) is 19.1. The number of pyridine rings is 1. The van der Waals surface area contributed by atoms with Gasteiger partial charge in [-0.15, -0.1) is 11.3 Å². The van der Waals surface area contributed by atoms with Crippen molar-refractivity contribution in [2.24, 2.45) is 0 Å². The Morgan fingerprint density at radius 1 is 1.10 bits per heavy atom. The van der Waals surface area contributed by atoms with Crippen molar-refractivity contribution in [2.45, 2.75) is 31.9 Å². The molecule has 30 heavy (non-hydrogen) atoms. The van der Waals surface area contributed by atoms with Gasteiger partial charge < -0.3 is 4.74 Å². The third-order valence-electron chi connectivity index (χ3n) is 5.24. The second kappa shape index (κ2) is 6.84. The summed E-state index contributed by atoms with van der Waals surface area (Å²) >= 11 is 1.42. The van der Waals surface area contributed by atoms with E-state index in [1.165, 1.54) is 22.1 Å². The first-order valence-electron chi connectivity index (χ1n) is 9.57. The van der Waals surface area contributed by atoms with Crippen LogP contribution < -0.4 is 4.74 Å². The van der Waals surface area contributed by atoms with Crippen LogP contribution in [-0.4, -0.2) is 21.9 Å². The highest BCUT2D eigenvalue weighted by atomic mass is 32.1. The molecule has 3 aromatic heterocycles. The molecule has 0 unspecified atom stereocenters. The largest absolute Gasteiger partial charge is 0.497 e. The molecule has 5 rings (SSSR count). The summed E-state index contributed by atoms with van der Waals surface area (Å²) < 4.78 is 49.1. The smallest absolute Gasteiger partial charge is 0.417 e. The second-order valence-corrected chi connectivity index (χ2v) is 8.72. The summed E-state index contributed by atoms with van der Waals surface area (Å²) in [7, 11) is 1.57. The highest BCUT2D eigenvalue weighted by molar-refractivity contribution is 7.15. The van der Waals surface area contributed by atoms with Gasteiger partial charge in [0.15, 0.2) is 5.65 Å². The molecule has 4 aromatic rings. The van der Waals surface area contributed by atoms with Crippen molar-refractivity contribution in [3.05, 3.63) is 58.6 Å². The Labute approximate surface area is 174 Å². The van der Waals surface area contributed by atoms with E-state index in [9.17, 15) is 13.2 Å². The number of thiophene rings is 1. The van der Waals surface area contributed by atoms with E-state index >= 15 is 0 Å². The number of methoxy groups -OCH3 is 1. The zero-order valence-electron chi connectivity index (χ0n) is 16.3. The Kier molecular flexibility index (Phi) is 4.36. The molecule has 0 radical (unpaired) electrons. The Morgan fingerprint density at radius 3 is 2.40 bits per heavy atom. The molecule has 0 aliphatic heterocycles. The van der Waals surface area contributed by atoms with Gasteiger partial charge in [0.05, 0.1) is 40.0 Å². The van der Waals surface area contributed by atoms with Gasteiger partial charge >= 0.3 is 6.18 Å². The maximum Gasteiger partial charge on any atom is 0.417 e. The van der Waals surface area contributed by atoms with Crippen molar-refractivity contribution in [3.63, 3.8) is 0 Å². The zero-order valence-corrected chi connectivity index (χ0v) is 17.1. The maximum atomic E-state index is 14.1. The maximum absolute atomic E-state index is 14.1. The van der Waals surface area contributed by atoms with E-state index in [0.29, 0.717) is 27.7 Å². The predicted octanol–water partition coefficient (Wildman–Crippen LogP) is 6.36. The molecule has 0 bridgehead atoms. The van der Waals surface area contributed by atoms with Crippen molar-refractivity contribution < 1.29 is 17.9 Å². The van der Waals surface area contributed by atoms with Gasteiger partial charge in [0.2, 0.25) is 0 Å². The molecule has 1 fully saturated rings. The molecular formula is C22H18F3N3OS. The normalized spacial score (nSPS) is 14.4. The van der Waals surface area contributed by atoms with Crippen LogP contribution in [0, 0.1) is 6.92 Å². The Bertz CT molecular complexity index is 1240. The van der Waals surface area contributed by atoms with Crippen molar-refractivity contribution in [1.29, 1.82) is 0 Å². The van der Waals surface area contributed by atoms with Crippen LogP contribution in [0.2, 0.25) is 0 Å². The number of hydrogen-bond acceptors (Lipinski definition) is 4. The van der Waals surface area contributed by atoms with E-state index in [4.69, 9.17) is 4.74 Å². The third-order valence-corrected chi connectivity index (χ3v) is 6.27. The van der Waals surface area contributed by atoms with E-state index in [1.807, 2.05) is 19.1 Å². The third kappa shape index (κ3) is 3.25. The van der Waals surface area contributed by atoms with Crippen molar-refractivity contribution in [1.82, 2.24) is 14.8 Å². The molecule has 1 saturated carbocycles. The molecule has 0 amide bonds. The number of aryl methyl sites for hydroxylation is 1. The fraction of sp³-hybridized carbons (Fsp3) is 0.273. The number of fused-ring (bicyclic) bond motifs is 1. The monoisotopic (exact) mass is 429 g/mol. The van der Waals surface area contributed by atoms with Crippen LogP contribution in [0.15, 0.2) is 42.5 Å². The number of benzene rings is 1. The van der Waals surface area contributed by atoms with E-state index in [0.717, 1.165) is 17.7 Å². The summed E-state index contributed by atoms with van der Waals surface area (Å²) in [5, 5.41) is 4.72. The lowest BCUT2D eigenvalue weighted by Gasteiger charge is -2.11. The minimum Gasteiger partial charge on any atom is -0.497 e. The number of rotatable bonds is 4. The van der Waals surface area contributed by atoms with Gasteiger partial charge in [0, 0.05) is 10.8 Å². The summed E-state index contributed by atoms with van der Waals surface area (Å²) in [5.74, 6) is 0.709. The molecule has 0 atom stereocenters. The zero-order chi connectivity index (χ0) is 21.0. The Balaban J connectivity index is 1.81. The predicted molar refractivity (Wildman–Crippen MR) is 110 cm³/mol. The topological polar surface area (TPSA) is 39.9 Å². The van der Waals surface area contributed by atoms with E-state index in [1.54, 1.807) is 31.4 Å². The van der Waals surface area contributed by atoms with Gasteiger partial charge in [-0.1, -0.05) is 0 Å². The fourth-order valence-electron chi connectivity index (χ4n) is 3.61. The number of hydrogen-bond donors (Lipinski definition) is 0. The molecular weight excluding hydrogens is 411 g/mol. The SMILES string of the molecule is COc1ccc(-n2nc(C3CC3)c3c(C(F)(F)F)cc(-c4ccc(C)s4)nc32)cc1. The molecule has 4 nitrogen and oxygen atoms in total. The molecule has 8 heteroatoms. The van der Waals surface area contributed by atoms with Crippen LogP contribution in [0.1, 0.15) is 34.9 Å². The van der Waals surface area contributed by atoms with Crippen molar-refractivity contribution in [3.8, 4) is 22.0 Å². The lowest BCUT2D eigenvalue weighted by atomic mass is 10.1. The summed E-state index contributed by atoms with van der Waals surface area (Å²) in [6.07, 6.45) is -2.81. The second-order valence-electron chi connectivity index (χ2n) is 7.43. The quantitative estimate of drug-likeness (QED) is 0.379. The first-order chi connectivity index (χ1) is 14.3. The summed E-state index contributed by atoms with van der Waals surface area (Å²) in [5.41, 5.74) is 1.00. The van der Waals surface area contributed by atoms with Gasteiger partial charge in [-0.05, 0) is 62.2 Å².